The summed E-state index contributed by atoms with van der Waals surface area (Å²) >= 11 is 0. The Morgan fingerprint density at radius 1 is 0.611 bits per heavy atom. The molecule has 4 aliphatic heterocycles. The Labute approximate surface area is 106 Å². The zero-order valence-corrected chi connectivity index (χ0v) is 10.4. The van der Waals surface area contributed by atoms with Gasteiger partial charge in [0.2, 0.25) is 0 Å². The van der Waals surface area contributed by atoms with E-state index in [-0.39, 0.29) is 24.4 Å². The molecule has 1 aromatic rings. The molecule has 0 aliphatic carbocycles. The summed E-state index contributed by atoms with van der Waals surface area (Å²) in [7, 11) is 0. The summed E-state index contributed by atoms with van der Waals surface area (Å²) in [6.45, 7) is 4.45. The Balaban J connectivity index is 1.92. The third-order valence-corrected chi connectivity index (χ3v) is 4.89. The van der Waals surface area contributed by atoms with Gasteiger partial charge < -0.3 is 9.47 Å². The monoisotopic (exact) mass is 238 g/mol. The first kappa shape index (κ1) is 9.54. The van der Waals surface area contributed by atoms with Crippen molar-refractivity contribution < 1.29 is 9.47 Å². The fourth-order valence-corrected chi connectivity index (χ4v) is 4.00. The quantitative estimate of drug-likeness (QED) is 0.642. The molecule has 0 saturated carbocycles. The van der Waals surface area contributed by atoms with Gasteiger partial charge in [-0.3, -0.25) is 0 Å². The largest absolute Gasteiger partial charge is 0.357 e. The number of rotatable bonds is 0. The number of fused-ring (bicyclic) bond motifs is 11. The first-order valence-corrected chi connectivity index (χ1v) is 6.60. The molecule has 0 aromatic heterocycles. The summed E-state index contributed by atoms with van der Waals surface area (Å²) in [5.41, 5.74) is 8.40. The number of benzene rings is 1. The van der Waals surface area contributed by atoms with Crippen molar-refractivity contribution in [3.05, 3.63) is 57.7 Å². The zero-order chi connectivity index (χ0) is 12.0. The summed E-state index contributed by atoms with van der Waals surface area (Å²) in [6.07, 6.45) is 9.44. The summed E-state index contributed by atoms with van der Waals surface area (Å²) in [5, 5.41) is 0. The maximum Gasteiger partial charge on any atom is 0.103 e. The summed E-state index contributed by atoms with van der Waals surface area (Å²) in [6, 6.07) is 0. The van der Waals surface area contributed by atoms with Gasteiger partial charge >= 0.3 is 0 Å². The Kier molecular flexibility index (Phi) is 1.48. The van der Waals surface area contributed by atoms with Crippen LogP contribution in [0, 0.1) is 13.8 Å². The molecule has 0 radical (unpaired) electrons. The second-order valence-corrected chi connectivity index (χ2v) is 5.63. The number of hydrogen-bond acceptors (Lipinski definition) is 2. The Morgan fingerprint density at radius 3 is 1.33 bits per heavy atom. The molecule has 90 valence electrons. The fraction of sp³-hybridized carbons (Fsp3) is 0.375. The van der Waals surface area contributed by atoms with E-state index in [0.717, 1.165) is 0 Å². The molecule has 0 fully saturated rings. The lowest BCUT2D eigenvalue weighted by molar-refractivity contribution is 0.0793. The second kappa shape index (κ2) is 2.79. The van der Waals surface area contributed by atoms with Gasteiger partial charge in [0.1, 0.15) is 24.4 Å². The minimum Gasteiger partial charge on any atom is -0.357 e. The predicted octanol–water partition coefficient (Wildman–Crippen LogP) is 3.67. The molecule has 4 atom stereocenters. The van der Waals surface area contributed by atoms with Crippen LogP contribution in [0.15, 0.2) is 24.3 Å². The average molecular weight is 238 g/mol. The van der Waals surface area contributed by atoms with E-state index in [2.05, 4.69) is 38.2 Å². The van der Waals surface area contributed by atoms with Gasteiger partial charge in [0.05, 0.1) is 0 Å². The average Bonchev–Trinajstić information content (AvgIpc) is 3.10. The van der Waals surface area contributed by atoms with Crippen LogP contribution < -0.4 is 0 Å². The molecule has 0 saturated heterocycles. The van der Waals surface area contributed by atoms with Gasteiger partial charge in [0.25, 0.3) is 0 Å². The van der Waals surface area contributed by atoms with Crippen LogP contribution in [0.25, 0.3) is 0 Å². The van der Waals surface area contributed by atoms with Gasteiger partial charge in [-0.2, -0.15) is 0 Å². The van der Waals surface area contributed by atoms with Crippen LogP contribution in [-0.2, 0) is 9.47 Å². The number of hydrogen-bond donors (Lipinski definition) is 0. The lowest BCUT2D eigenvalue weighted by Gasteiger charge is -2.21. The minimum atomic E-state index is 0.161. The molecule has 4 bridgehead atoms. The van der Waals surface area contributed by atoms with Crippen molar-refractivity contribution in [2.75, 3.05) is 0 Å². The molecule has 0 unspecified atom stereocenters. The van der Waals surface area contributed by atoms with E-state index in [9.17, 15) is 0 Å². The van der Waals surface area contributed by atoms with E-state index in [1.807, 2.05) is 0 Å². The van der Waals surface area contributed by atoms with Crippen molar-refractivity contribution in [2.24, 2.45) is 0 Å². The Morgan fingerprint density at radius 2 is 0.944 bits per heavy atom. The Hall–Kier alpha value is -1.38. The maximum atomic E-state index is 6.02. The van der Waals surface area contributed by atoms with Gasteiger partial charge in [0, 0.05) is 0 Å². The fourth-order valence-electron chi connectivity index (χ4n) is 4.00. The second-order valence-electron chi connectivity index (χ2n) is 5.63. The van der Waals surface area contributed by atoms with Gasteiger partial charge in [-0.1, -0.05) is 24.3 Å². The minimum absolute atomic E-state index is 0.161. The van der Waals surface area contributed by atoms with Gasteiger partial charge in [-0.15, -0.1) is 0 Å². The molecule has 18 heavy (non-hydrogen) atoms. The van der Waals surface area contributed by atoms with Crippen molar-refractivity contribution in [2.45, 2.75) is 38.3 Å². The molecular weight excluding hydrogens is 224 g/mol. The SMILES string of the molecule is Cc1c(C)c2c(c3c1[C@@H]1C=C[C@H]3O1)[C@@H]1C=C[C@H]2O1. The molecule has 2 nitrogen and oxygen atoms in total. The summed E-state index contributed by atoms with van der Waals surface area (Å²) in [5.74, 6) is 0. The normalized spacial score (nSPS) is 36.6. The highest BCUT2D eigenvalue weighted by molar-refractivity contribution is 5.62. The first-order chi connectivity index (χ1) is 8.75. The molecule has 0 amide bonds. The van der Waals surface area contributed by atoms with Gasteiger partial charge in [-0.25, -0.2) is 0 Å². The predicted molar refractivity (Wildman–Crippen MR) is 67.3 cm³/mol. The molecule has 1 aromatic carbocycles. The van der Waals surface area contributed by atoms with Crippen LogP contribution in [0.4, 0.5) is 0 Å². The zero-order valence-electron chi connectivity index (χ0n) is 10.4. The van der Waals surface area contributed by atoms with E-state index in [4.69, 9.17) is 9.47 Å². The summed E-state index contributed by atoms with van der Waals surface area (Å²) < 4.78 is 12.0. The van der Waals surface area contributed by atoms with Crippen molar-refractivity contribution in [1.82, 2.24) is 0 Å². The highest BCUT2D eigenvalue weighted by Gasteiger charge is 2.45. The van der Waals surface area contributed by atoms with Crippen LogP contribution in [-0.4, -0.2) is 0 Å². The molecule has 5 rings (SSSR count). The topological polar surface area (TPSA) is 18.5 Å². The van der Waals surface area contributed by atoms with E-state index in [0.29, 0.717) is 0 Å². The van der Waals surface area contributed by atoms with E-state index in [1.165, 1.54) is 33.4 Å². The Bertz CT molecular complexity index is 597. The highest BCUT2D eigenvalue weighted by atomic mass is 16.5. The first-order valence-electron chi connectivity index (χ1n) is 6.60. The summed E-state index contributed by atoms with van der Waals surface area (Å²) in [4.78, 5) is 0. The molecule has 2 heteroatoms. The van der Waals surface area contributed by atoms with Crippen molar-refractivity contribution >= 4 is 0 Å². The lowest BCUT2D eigenvalue weighted by Crippen LogP contribution is -2.09. The molecule has 0 N–H and O–H groups in total. The van der Waals surface area contributed by atoms with E-state index < -0.39 is 0 Å². The molecule has 4 heterocycles. The van der Waals surface area contributed by atoms with Crippen LogP contribution in [0.2, 0.25) is 0 Å². The van der Waals surface area contributed by atoms with Crippen LogP contribution >= 0.6 is 0 Å². The van der Waals surface area contributed by atoms with Crippen molar-refractivity contribution in [3.63, 3.8) is 0 Å². The van der Waals surface area contributed by atoms with Crippen LogP contribution in [0.3, 0.4) is 0 Å². The van der Waals surface area contributed by atoms with Gasteiger partial charge in [-0.05, 0) is 47.2 Å². The van der Waals surface area contributed by atoms with E-state index in [1.54, 1.807) is 0 Å². The number of ether oxygens (including phenoxy) is 2. The van der Waals surface area contributed by atoms with Crippen LogP contribution in [0.5, 0.6) is 0 Å². The standard InChI is InChI=1S/C16H14O2/c1-7-8(2)14-10-4-6-12(18-10)16(14)15-11-5-3-9(17-11)13(7)15/h3-6,9-12H,1-2H3/t9-,10+,11+,12-. The molecule has 4 aliphatic rings. The lowest BCUT2D eigenvalue weighted by atomic mass is 9.79. The molecule has 0 spiro atoms. The third kappa shape index (κ3) is 0.846. The van der Waals surface area contributed by atoms with Crippen molar-refractivity contribution in [3.8, 4) is 0 Å². The highest BCUT2D eigenvalue weighted by Crippen LogP contribution is 2.57. The molecular formula is C16H14O2. The van der Waals surface area contributed by atoms with E-state index >= 15 is 0 Å². The van der Waals surface area contributed by atoms with Crippen molar-refractivity contribution in [1.29, 1.82) is 0 Å². The smallest absolute Gasteiger partial charge is 0.103 e. The van der Waals surface area contributed by atoms with Gasteiger partial charge in [0.15, 0.2) is 0 Å². The third-order valence-electron chi connectivity index (χ3n) is 4.89. The maximum absolute atomic E-state index is 6.02. The van der Waals surface area contributed by atoms with Crippen LogP contribution in [0.1, 0.15) is 57.8 Å².